The first kappa shape index (κ1) is 28.0. The van der Waals surface area contributed by atoms with Gasteiger partial charge in [0, 0.05) is 17.2 Å². The lowest BCUT2D eigenvalue weighted by Gasteiger charge is -2.18. The molecule has 0 fully saturated rings. The van der Waals surface area contributed by atoms with Crippen LogP contribution < -0.4 is 15.0 Å². The number of hydrogen-bond acceptors (Lipinski definition) is 8. The maximum Gasteiger partial charge on any atom is 0.341 e. The number of carbonyl (C=O) groups is 1. The van der Waals surface area contributed by atoms with E-state index in [1.165, 1.54) is 24.4 Å². The van der Waals surface area contributed by atoms with Gasteiger partial charge in [-0.25, -0.2) is 9.78 Å². The number of hydrogen-bond donors (Lipinski definition) is 1. The molecule has 0 bridgehead atoms. The Morgan fingerprint density at radius 1 is 1.18 bits per heavy atom. The summed E-state index contributed by atoms with van der Waals surface area (Å²) in [5.74, 6) is -0.454. The van der Waals surface area contributed by atoms with Gasteiger partial charge in [0.25, 0.3) is 5.56 Å². The largest absolute Gasteiger partial charge is 0.494 e. The van der Waals surface area contributed by atoms with Gasteiger partial charge in [-0.15, -0.1) is 0 Å². The van der Waals surface area contributed by atoms with Crippen molar-refractivity contribution in [3.8, 4) is 22.9 Å². The number of nitrogens with zero attached hydrogens (tertiary/aromatic N) is 4. The summed E-state index contributed by atoms with van der Waals surface area (Å²) in [5.41, 5.74) is 2.12. The average molecular weight is 545 g/mol. The highest BCUT2D eigenvalue weighted by Crippen LogP contribution is 2.34. The third-order valence-electron chi connectivity index (χ3n) is 6.15. The van der Waals surface area contributed by atoms with E-state index in [0.29, 0.717) is 23.1 Å². The Balaban J connectivity index is 1.97. The van der Waals surface area contributed by atoms with Crippen molar-refractivity contribution in [3.05, 3.63) is 91.8 Å². The van der Waals surface area contributed by atoms with E-state index in [4.69, 9.17) is 19.6 Å². The lowest BCUT2D eigenvalue weighted by atomic mass is 9.96. The number of carboxylic acid groups (broad SMARTS) is 1. The standard InChI is InChI=1S/C29H28N4O7/c1-5-39-25-13-18(4)22(14-21(25)17(2)3)28-31-23-11-7-6-10-20(23)29(36)32(28)30-15-19-9-8-12-24(33(37)38)27(19)40-16-26(34)35/h6-15,17H,5,16H2,1-4H3,(H,34,35). The van der Waals surface area contributed by atoms with E-state index in [1.54, 1.807) is 24.3 Å². The average Bonchev–Trinajstić information content (AvgIpc) is 2.91. The molecule has 0 unspecified atom stereocenters. The van der Waals surface area contributed by atoms with Crippen LogP contribution in [0.3, 0.4) is 0 Å². The van der Waals surface area contributed by atoms with Gasteiger partial charge in [0.1, 0.15) is 5.75 Å². The van der Waals surface area contributed by atoms with Gasteiger partial charge in [-0.2, -0.15) is 9.78 Å². The molecule has 11 heteroatoms. The lowest BCUT2D eigenvalue weighted by molar-refractivity contribution is -0.385. The summed E-state index contributed by atoms with van der Waals surface area (Å²) in [5, 5.41) is 25.4. The third-order valence-corrected chi connectivity index (χ3v) is 6.15. The van der Waals surface area contributed by atoms with Crippen molar-refractivity contribution in [2.75, 3.05) is 13.2 Å². The minimum absolute atomic E-state index is 0.115. The fourth-order valence-electron chi connectivity index (χ4n) is 4.27. The van der Waals surface area contributed by atoms with Gasteiger partial charge in [0.05, 0.1) is 28.6 Å². The lowest BCUT2D eigenvalue weighted by Crippen LogP contribution is -2.21. The quantitative estimate of drug-likeness (QED) is 0.164. The molecule has 206 valence electrons. The first-order valence-electron chi connectivity index (χ1n) is 12.6. The van der Waals surface area contributed by atoms with E-state index in [9.17, 15) is 19.7 Å². The Hall–Kier alpha value is -5.06. The summed E-state index contributed by atoms with van der Waals surface area (Å²) in [4.78, 5) is 40.5. The molecule has 1 N–H and O–H groups in total. The smallest absolute Gasteiger partial charge is 0.341 e. The molecule has 0 atom stereocenters. The molecule has 0 aliphatic carbocycles. The second-order valence-corrected chi connectivity index (χ2v) is 9.24. The van der Waals surface area contributed by atoms with Crippen LogP contribution in [0.2, 0.25) is 0 Å². The van der Waals surface area contributed by atoms with Crippen molar-refractivity contribution in [3.63, 3.8) is 0 Å². The van der Waals surface area contributed by atoms with Crippen LogP contribution in [0.15, 0.2) is 64.5 Å². The van der Waals surface area contributed by atoms with Crippen LogP contribution in [0.5, 0.6) is 11.5 Å². The van der Waals surface area contributed by atoms with Crippen molar-refractivity contribution >= 4 is 28.8 Å². The topological polar surface area (TPSA) is 146 Å². The number of aryl methyl sites for hydroxylation is 1. The van der Waals surface area contributed by atoms with Crippen molar-refractivity contribution in [1.82, 2.24) is 9.66 Å². The molecule has 0 amide bonds. The molecule has 0 radical (unpaired) electrons. The summed E-state index contributed by atoms with van der Waals surface area (Å²) in [6.45, 7) is 7.58. The maximum absolute atomic E-state index is 13.7. The number of carboxylic acids is 1. The second-order valence-electron chi connectivity index (χ2n) is 9.24. The Labute approximate surface area is 229 Å². The number of rotatable bonds is 10. The Bertz CT molecular complexity index is 1690. The van der Waals surface area contributed by atoms with Gasteiger partial charge in [-0.3, -0.25) is 14.9 Å². The van der Waals surface area contributed by atoms with Gasteiger partial charge >= 0.3 is 11.7 Å². The van der Waals surface area contributed by atoms with Crippen LogP contribution in [0.4, 0.5) is 5.69 Å². The molecule has 0 aliphatic rings. The summed E-state index contributed by atoms with van der Waals surface area (Å²) >= 11 is 0. The second kappa shape index (κ2) is 11.8. The van der Waals surface area contributed by atoms with Crippen LogP contribution in [-0.2, 0) is 4.79 Å². The van der Waals surface area contributed by atoms with Crippen LogP contribution in [-0.4, -0.2) is 45.1 Å². The number of nitro groups is 1. The monoisotopic (exact) mass is 544 g/mol. The van der Waals surface area contributed by atoms with Crippen molar-refractivity contribution in [1.29, 1.82) is 0 Å². The van der Waals surface area contributed by atoms with Gasteiger partial charge in [-0.05, 0) is 61.2 Å². The molecule has 4 rings (SSSR count). The fraction of sp³-hybridized carbons (Fsp3) is 0.241. The molecule has 1 aromatic heterocycles. The Kier molecular flexibility index (Phi) is 8.23. The highest BCUT2D eigenvalue weighted by atomic mass is 16.6. The normalized spacial score (nSPS) is 11.3. The maximum atomic E-state index is 13.7. The molecule has 11 nitrogen and oxygen atoms in total. The summed E-state index contributed by atoms with van der Waals surface area (Å²) in [6, 6.07) is 14.8. The van der Waals surface area contributed by atoms with Gasteiger partial charge in [-0.1, -0.05) is 32.0 Å². The van der Waals surface area contributed by atoms with Gasteiger partial charge < -0.3 is 14.6 Å². The molecule has 0 spiro atoms. The van der Waals surface area contributed by atoms with E-state index in [2.05, 4.69) is 5.10 Å². The van der Waals surface area contributed by atoms with Crippen LogP contribution >= 0.6 is 0 Å². The van der Waals surface area contributed by atoms with Gasteiger partial charge in [0.2, 0.25) is 5.75 Å². The van der Waals surface area contributed by atoms with Crippen molar-refractivity contribution < 1.29 is 24.3 Å². The zero-order chi connectivity index (χ0) is 29.0. The highest BCUT2D eigenvalue weighted by molar-refractivity contribution is 5.87. The van der Waals surface area contributed by atoms with E-state index in [-0.39, 0.29) is 23.1 Å². The van der Waals surface area contributed by atoms with E-state index >= 15 is 0 Å². The summed E-state index contributed by atoms with van der Waals surface area (Å²) < 4.78 is 12.2. The molecule has 0 saturated heterocycles. The number of fused-ring (bicyclic) bond motifs is 1. The number of benzene rings is 3. The first-order chi connectivity index (χ1) is 19.1. The zero-order valence-electron chi connectivity index (χ0n) is 22.5. The zero-order valence-corrected chi connectivity index (χ0v) is 22.5. The molecule has 0 aliphatic heterocycles. The predicted molar refractivity (Wildman–Crippen MR) is 151 cm³/mol. The van der Waals surface area contributed by atoms with E-state index in [0.717, 1.165) is 21.6 Å². The SMILES string of the molecule is CCOc1cc(C)c(-c2nc3ccccc3c(=O)n2N=Cc2cccc([N+](=O)[O-])c2OCC(=O)O)cc1C(C)C. The van der Waals surface area contributed by atoms with Gasteiger partial charge in [0.15, 0.2) is 12.4 Å². The highest BCUT2D eigenvalue weighted by Gasteiger charge is 2.21. The number of aromatic nitrogens is 2. The van der Waals surface area contributed by atoms with Crippen molar-refractivity contribution in [2.45, 2.75) is 33.6 Å². The summed E-state index contributed by atoms with van der Waals surface area (Å²) in [6.07, 6.45) is 1.22. The first-order valence-corrected chi connectivity index (χ1v) is 12.6. The fourth-order valence-corrected chi connectivity index (χ4v) is 4.27. The predicted octanol–water partition coefficient (Wildman–Crippen LogP) is 5.15. The van der Waals surface area contributed by atoms with Crippen LogP contribution in [0.1, 0.15) is 43.4 Å². The van der Waals surface area contributed by atoms with Crippen LogP contribution in [0, 0.1) is 17.0 Å². The van der Waals surface area contributed by atoms with E-state index < -0.39 is 28.7 Å². The molecule has 0 saturated carbocycles. The molecule has 3 aromatic carbocycles. The molecular formula is C29H28N4O7. The molecule has 40 heavy (non-hydrogen) atoms. The Morgan fingerprint density at radius 3 is 2.60 bits per heavy atom. The minimum atomic E-state index is -1.30. The number of nitro benzene ring substituents is 1. The molecule has 4 aromatic rings. The number of aliphatic carboxylic acids is 1. The van der Waals surface area contributed by atoms with Crippen molar-refractivity contribution in [2.24, 2.45) is 5.10 Å². The summed E-state index contributed by atoms with van der Waals surface area (Å²) in [7, 11) is 0. The molecular weight excluding hydrogens is 516 g/mol. The minimum Gasteiger partial charge on any atom is -0.494 e. The number of ether oxygens (including phenoxy) is 2. The molecule has 1 heterocycles. The van der Waals surface area contributed by atoms with E-state index in [1.807, 2.05) is 39.8 Å². The third kappa shape index (κ3) is 5.68. The Morgan fingerprint density at radius 2 is 1.93 bits per heavy atom. The van der Waals surface area contributed by atoms with Crippen LogP contribution in [0.25, 0.3) is 22.3 Å². The number of para-hydroxylation sites is 2.